The summed E-state index contributed by atoms with van der Waals surface area (Å²) in [5.41, 5.74) is 0.183. The summed E-state index contributed by atoms with van der Waals surface area (Å²) in [6.07, 6.45) is 8.24. The first-order chi connectivity index (χ1) is 12.1. The van der Waals surface area contributed by atoms with E-state index in [2.05, 4.69) is 40.4 Å². The monoisotopic (exact) mass is 348 g/mol. The zero-order valence-corrected chi connectivity index (χ0v) is 16.1. The van der Waals surface area contributed by atoms with E-state index in [4.69, 9.17) is 0 Å². The Morgan fingerprint density at radius 3 is 1.84 bits per heavy atom. The van der Waals surface area contributed by atoms with Crippen molar-refractivity contribution in [1.29, 1.82) is 0 Å². The van der Waals surface area contributed by atoms with Crippen LogP contribution in [0.2, 0.25) is 0 Å². The molecular weight excluding hydrogens is 312 g/mol. The second-order valence-electron chi connectivity index (χ2n) is 8.34. The molecule has 3 aliphatic rings. The largest absolute Gasteiger partial charge is 0.314 e. The average molecular weight is 349 g/mol. The van der Waals surface area contributed by atoms with Gasteiger partial charge < -0.3 is 10.6 Å². The Labute approximate surface area is 153 Å². The maximum Gasteiger partial charge on any atom is 0.155 e. The van der Waals surface area contributed by atoms with Gasteiger partial charge in [-0.3, -0.25) is 14.6 Å². The van der Waals surface area contributed by atoms with E-state index in [0.717, 1.165) is 65.2 Å². The predicted molar refractivity (Wildman–Crippen MR) is 103 cm³/mol. The van der Waals surface area contributed by atoms with Gasteiger partial charge >= 0.3 is 0 Å². The minimum atomic E-state index is 0.183. The van der Waals surface area contributed by atoms with Crippen molar-refractivity contribution in [1.82, 2.24) is 20.4 Å². The molecular formula is C20H36N4O. The zero-order valence-electron chi connectivity index (χ0n) is 16.1. The Morgan fingerprint density at radius 2 is 1.44 bits per heavy atom. The van der Waals surface area contributed by atoms with Crippen LogP contribution in [-0.4, -0.2) is 80.0 Å². The number of carbonyl (C=O) groups excluding carboxylic acids is 1. The second-order valence-corrected chi connectivity index (χ2v) is 8.34. The third-order valence-corrected chi connectivity index (χ3v) is 6.45. The van der Waals surface area contributed by atoms with Crippen molar-refractivity contribution < 1.29 is 4.79 Å². The highest BCUT2D eigenvalue weighted by atomic mass is 16.1. The maximum atomic E-state index is 11.8. The summed E-state index contributed by atoms with van der Waals surface area (Å²) < 4.78 is 0. The normalized spacial score (nSPS) is 31.8. The Morgan fingerprint density at radius 1 is 0.960 bits per heavy atom. The molecule has 0 aromatic heterocycles. The smallest absolute Gasteiger partial charge is 0.155 e. The molecule has 2 unspecified atom stereocenters. The van der Waals surface area contributed by atoms with E-state index in [1.165, 1.54) is 12.8 Å². The summed E-state index contributed by atoms with van der Waals surface area (Å²) in [5, 5.41) is 6.90. The lowest BCUT2D eigenvalue weighted by Crippen LogP contribution is -2.51. The number of nitrogens with one attached hydrogen (secondary N) is 2. The molecule has 2 fully saturated rings. The van der Waals surface area contributed by atoms with Gasteiger partial charge in [-0.25, -0.2) is 0 Å². The molecule has 2 aliphatic heterocycles. The number of hydrogen-bond acceptors (Lipinski definition) is 5. The fourth-order valence-electron chi connectivity index (χ4n) is 4.91. The maximum absolute atomic E-state index is 11.8. The zero-order chi connectivity index (χ0) is 17.7. The van der Waals surface area contributed by atoms with E-state index in [1.807, 2.05) is 6.08 Å². The lowest BCUT2D eigenvalue weighted by molar-refractivity contribution is -0.115. The van der Waals surface area contributed by atoms with E-state index in [1.54, 1.807) is 0 Å². The van der Waals surface area contributed by atoms with Crippen LogP contribution in [0.15, 0.2) is 12.2 Å². The summed E-state index contributed by atoms with van der Waals surface area (Å²) in [7, 11) is 0. The molecule has 3 rings (SSSR count). The van der Waals surface area contributed by atoms with Crippen molar-refractivity contribution in [3.8, 4) is 0 Å². The van der Waals surface area contributed by atoms with Gasteiger partial charge in [0, 0.05) is 70.9 Å². The van der Waals surface area contributed by atoms with E-state index < -0.39 is 0 Å². The summed E-state index contributed by atoms with van der Waals surface area (Å²) in [6.45, 7) is 13.7. The summed E-state index contributed by atoms with van der Waals surface area (Å²) in [6, 6.07) is 1.16. The molecule has 0 spiro atoms. The van der Waals surface area contributed by atoms with Crippen molar-refractivity contribution in [3.05, 3.63) is 12.2 Å². The number of ketones is 1. The van der Waals surface area contributed by atoms with E-state index in [9.17, 15) is 4.79 Å². The standard InChI is InChI=1S/C20H36N4O/c1-17(23-11-7-21-8-12-23)15-20(5-3-19(25)4-6-20)16-18(2)24-13-9-22-10-14-24/h3,5,17-18,21-22H,4,6-16H2,1-2H3. The van der Waals surface area contributed by atoms with Crippen LogP contribution >= 0.6 is 0 Å². The van der Waals surface area contributed by atoms with Gasteiger partial charge in [0.1, 0.15) is 0 Å². The first kappa shape index (κ1) is 19.0. The molecule has 0 saturated carbocycles. The molecule has 0 aromatic carbocycles. The van der Waals surface area contributed by atoms with Gasteiger partial charge in [-0.15, -0.1) is 0 Å². The van der Waals surface area contributed by atoms with Crippen LogP contribution in [-0.2, 0) is 4.79 Å². The number of allylic oxidation sites excluding steroid dienone is 2. The van der Waals surface area contributed by atoms with E-state index in [-0.39, 0.29) is 5.41 Å². The first-order valence-electron chi connectivity index (χ1n) is 10.2. The topological polar surface area (TPSA) is 47.6 Å². The third-order valence-electron chi connectivity index (χ3n) is 6.45. The van der Waals surface area contributed by atoms with Crippen LogP contribution in [0.25, 0.3) is 0 Å². The number of hydrogen-bond donors (Lipinski definition) is 2. The molecule has 0 amide bonds. The highest BCUT2D eigenvalue weighted by molar-refractivity contribution is 5.90. The Hall–Kier alpha value is -0.750. The lowest BCUT2D eigenvalue weighted by Gasteiger charge is -2.44. The molecule has 5 nitrogen and oxygen atoms in total. The van der Waals surface area contributed by atoms with Crippen molar-refractivity contribution in [2.24, 2.45) is 5.41 Å². The highest BCUT2D eigenvalue weighted by Crippen LogP contribution is 2.41. The molecule has 2 heterocycles. The predicted octanol–water partition coefficient (Wildman–Crippen LogP) is 1.26. The minimum Gasteiger partial charge on any atom is -0.314 e. The number of nitrogens with zero attached hydrogens (tertiary/aromatic N) is 2. The van der Waals surface area contributed by atoms with Gasteiger partial charge in [0.25, 0.3) is 0 Å². The molecule has 2 saturated heterocycles. The van der Waals surface area contributed by atoms with Crippen molar-refractivity contribution in [2.45, 2.75) is 51.6 Å². The molecule has 142 valence electrons. The minimum absolute atomic E-state index is 0.183. The van der Waals surface area contributed by atoms with Crippen LogP contribution in [0.3, 0.4) is 0 Å². The van der Waals surface area contributed by atoms with Gasteiger partial charge in [0.2, 0.25) is 0 Å². The van der Waals surface area contributed by atoms with Crippen LogP contribution in [0.1, 0.15) is 39.5 Å². The average Bonchev–Trinajstić information content (AvgIpc) is 2.65. The number of piperazine rings is 2. The van der Waals surface area contributed by atoms with Crippen molar-refractivity contribution in [3.63, 3.8) is 0 Å². The lowest BCUT2D eigenvalue weighted by atomic mass is 9.70. The Kier molecular flexibility index (Phi) is 6.67. The van der Waals surface area contributed by atoms with Crippen molar-refractivity contribution >= 4 is 5.78 Å². The van der Waals surface area contributed by atoms with Gasteiger partial charge in [0.15, 0.2) is 5.78 Å². The van der Waals surface area contributed by atoms with Gasteiger partial charge in [-0.05, 0) is 44.6 Å². The van der Waals surface area contributed by atoms with Gasteiger partial charge in [-0.1, -0.05) is 6.08 Å². The molecule has 0 radical (unpaired) electrons. The Balaban J connectivity index is 1.67. The number of rotatable bonds is 6. The van der Waals surface area contributed by atoms with Crippen LogP contribution in [0.5, 0.6) is 0 Å². The second kappa shape index (κ2) is 8.76. The van der Waals surface area contributed by atoms with Crippen LogP contribution in [0, 0.1) is 5.41 Å². The SMILES string of the molecule is CC(CC1(CC(C)N2CCNCC2)C=CC(=O)CC1)N1CCNCC1. The fourth-order valence-corrected chi connectivity index (χ4v) is 4.91. The highest BCUT2D eigenvalue weighted by Gasteiger charge is 2.36. The summed E-state index contributed by atoms with van der Waals surface area (Å²) >= 11 is 0. The van der Waals surface area contributed by atoms with E-state index >= 15 is 0 Å². The van der Waals surface area contributed by atoms with E-state index in [0.29, 0.717) is 17.9 Å². The molecule has 0 bridgehead atoms. The Bertz CT molecular complexity index is 440. The molecule has 5 heteroatoms. The first-order valence-corrected chi connectivity index (χ1v) is 10.2. The fraction of sp³-hybridized carbons (Fsp3) is 0.850. The molecule has 25 heavy (non-hydrogen) atoms. The van der Waals surface area contributed by atoms with Gasteiger partial charge in [0.05, 0.1) is 0 Å². The molecule has 0 aromatic rings. The third kappa shape index (κ3) is 5.13. The molecule has 2 N–H and O–H groups in total. The molecule has 2 atom stereocenters. The number of carbonyl (C=O) groups is 1. The summed E-state index contributed by atoms with van der Waals surface area (Å²) in [4.78, 5) is 17.0. The van der Waals surface area contributed by atoms with Crippen molar-refractivity contribution in [2.75, 3.05) is 52.4 Å². The quantitative estimate of drug-likeness (QED) is 0.757. The molecule has 1 aliphatic carbocycles. The summed E-state index contributed by atoms with van der Waals surface area (Å²) in [5.74, 6) is 0.306. The van der Waals surface area contributed by atoms with Crippen LogP contribution in [0.4, 0.5) is 0 Å². The van der Waals surface area contributed by atoms with Crippen LogP contribution < -0.4 is 10.6 Å². The van der Waals surface area contributed by atoms with Gasteiger partial charge in [-0.2, -0.15) is 0 Å².